The summed E-state index contributed by atoms with van der Waals surface area (Å²) in [7, 11) is 0. The summed E-state index contributed by atoms with van der Waals surface area (Å²) in [5.74, 6) is 1.56. The molecule has 140 valence electrons. The normalized spacial score (nSPS) is 16.8. The fourth-order valence-electron chi connectivity index (χ4n) is 3.59. The summed E-state index contributed by atoms with van der Waals surface area (Å²) in [6, 6.07) is 16.6. The number of aliphatic hydroxyl groups is 1. The number of hydrogen-bond donors (Lipinski definition) is 2. The molecule has 0 amide bonds. The van der Waals surface area contributed by atoms with E-state index in [0.717, 1.165) is 53.5 Å². The minimum Gasteiger partial charge on any atom is -0.394 e. The van der Waals surface area contributed by atoms with Crippen LogP contribution in [0.3, 0.4) is 0 Å². The lowest BCUT2D eigenvalue weighted by atomic mass is 10.1. The minimum atomic E-state index is 0.113. The van der Waals surface area contributed by atoms with Crippen LogP contribution < -0.4 is 10.2 Å². The molecule has 1 atom stereocenters. The number of rotatable bonds is 6. The van der Waals surface area contributed by atoms with Crippen LogP contribution in [-0.4, -0.2) is 40.8 Å². The van der Waals surface area contributed by atoms with Crippen LogP contribution in [0.5, 0.6) is 0 Å². The third-order valence-electron chi connectivity index (χ3n) is 5.06. The Labute approximate surface area is 167 Å². The Morgan fingerprint density at radius 3 is 2.74 bits per heavy atom. The van der Waals surface area contributed by atoms with Crippen LogP contribution in [0.4, 0.5) is 11.8 Å². The van der Waals surface area contributed by atoms with Crippen molar-refractivity contribution in [3.05, 3.63) is 58.6 Å². The van der Waals surface area contributed by atoms with Crippen molar-refractivity contribution in [3.63, 3.8) is 0 Å². The molecular formula is C21H23BrN4O. The van der Waals surface area contributed by atoms with Gasteiger partial charge in [-0.3, -0.25) is 0 Å². The summed E-state index contributed by atoms with van der Waals surface area (Å²) in [5.41, 5.74) is 2.21. The van der Waals surface area contributed by atoms with Gasteiger partial charge in [0.1, 0.15) is 5.82 Å². The molecule has 27 heavy (non-hydrogen) atoms. The lowest BCUT2D eigenvalue weighted by Gasteiger charge is -2.24. The average molecular weight is 427 g/mol. The van der Waals surface area contributed by atoms with Gasteiger partial charge in [0, 0.05) is 22.9 Å². The monoisotopic (exact) mass is 426 g/mol. The zero-order valence-electron chi connectivity index (χ0n) is 15.1. The van der Waals surface area contributed by atoms with Gasteiger partial charge in [-0.1, -0.05) is 40.2 Å². The van der Waals surface area contributed by atoms with Crippen LogP contribution in [0.25, 0.3) is 10.9 Å². The van der Waals surface area contributed by atoms with Crippen LogP contribution >= 0.6 is 15.9 Å². The van der Waals surface area contributed by atoms with Crippen molar-refractivity contribution >= 4 is 38.6 Å². The van der Waals surface area contributed by atoms with Gasteiger partial charge in [0.15, 0.2) is 0 Å². The highest BCUT2D eigenvalue weighted by atomic mass is 79.9. The van der Waals surface area contributed by atoms with E-state index >= 15 is 0 Å². The molecule has 0 aliphatic carbocycles. The number of para-hydroxylation sites is 1. The van der Waals surface area contributed by atoms with Gasteiger partial charge >= 0.3 is 0 Å². The number of halogens is 1. The van der Waals surface area contributed by atoms with Crippen molar-refractivity contribution in [2.24, 2.45) is 0 Å². The Bertz CT molecular complexity index is 916. The molecule has 3 aromatic rings. The Hall–Kier alpha value is -2.18. The van der Waals surface area contributed by atoms with Crippen molar-refractivity contribution in [1.29, 1.82) is 0 Å². The van der Waals surface area contributed by atoms with Gasteiger partial charge in [0.25, 0.3) is 0 Å². The zero-order valence-corrected chi connectivity index (χ0v) is 16.7. The molecule has 5 nitrogen and oxygen atoms in total. The van der Waals surface area contributed by atoms with Gasteiger partial charge in [0.05, 0.1) is 18.2 Å². The molecule has 1 aliphatic heterocycles. The molecule has 1 fully saturated rings. The number of benzene rings is 2. The van der Waals surface area contributed by atoms with Gasteiger partial charge in [-0.05, 0) is 49.1 Å². The first kappa shape index (κ1) is 18.2. The lowest BCUT2D eigenvalue weighted by molar-refractivity contribution is 0.265. The van der Waals surface area contributed by atoms with Gasteiger partial charge < -0.3 is 15.3 Å². The fourth-order valence-corrected chi connectivity index (χ4v) is 3.86. The van der Waals surface area contributed by atoms with E-state index in [0.29, 0.717) is 5.95 Å². The predicted octanol–water partition coefficient (Wildman–Crippen LogP) is 4.01. The number of aromatic nitrogens is 2. The van der Waals surface area contributed by atoms with E-state index in [4.69, 9.17) is 9.97 Å². The van der Waals surface area contributed by atoms with Gasteiger partial charge in [0.2, 0.25) is 5.95 Å². The van der Waals surface area contributed by atoms with E-state index in [2.05, 4.69) is 56.5 Å². The largest absolute Gasteiger partial charge is 0.394 e. The second kappa shape index (κ2) is 8.23. The third-order valence-corrected chi connectivity index (χ3v) is 5.58. The zero-order chi connectivity index (χ0) is 18.6. The summed E-state index contributed by atoms with van der Waals surface area (Å²) in [6.45, 7) is 1.83. The second-order valence-corrected chi connectivity index (χ2v) is 7.78. The molecule has 1 unspecified atom stereocenters. The average Bonchev–Trinajstić information content (AvgIpc) is 3.18. The number of fused-ring (bicyclic) bond motifs is 1. The third kappa shape index (κ3) is 4.06. The van der Waals surface area contributed by atoms with E-state index in [9.17, 15) is 5.11 Å². The maximum atomic E-state index is 9.65. The molecule has 6 heteroatoms. The lowest BCUT2D eigenvalue weighted by Crippen LogP contribution is -2.33. The highest BCUT2D eigenvalue weighted by Crippen LogP contribution is 2.27. The molecular weight excluding hydrogens is 404 g/mol. The van der Waals surface area contributed by atoms with E-state index in [-0.39, 0.29) is 12.6 Å². The van der Waals surface area contributed by atoms with Crippen LogP contribution in [0.2, 0.25) is 0 Å². The Morgan fingerprint density at radius 1 is 1.11 bits per heavy atom. The first-order valence-electron chi connectivity index (χ1n) is 9.37. The number of nitrogens with one attached hydrogen (secondary N) is 1. The fraction of sp³-hybridized carbons (Fsp3) is 0.333. The summed E-state index contributed by atoms with van der Waals surface area (Å²) in [6.07, 6.45) is 2.97. The smallest absolute Gasteiger partial charge is 0.228 e. The highest BCUT2D eigenvalue weighted by molar-refractivity contribution is 9.10. The summed E-state index contributed by atoms with van der Waals surface area (Å²) in [4.78, 5) is 11.7. The van der Waals surface area contributed by atoms with Crippen molar-refractivity contribution < 1.29 is 5.11 Å². The molecule has 1 saturated heterocycles. The number of anilines is 2. The van der Waals surface area contributed by atoms with Crippen LogP contribution in [-0.2, 0) is 6.42 Å². The van der Waals surface area contributed by atoms with Gasteiger partial charge in [-0.15, -0.1) is 0 Å². The Morgan fingerprint density at radius 2 is 1.93 bits per heavy atom. The number of nitrogens with zero attached hydrogens (tertiary/aromatic N) is 3. The molecule has 1 aromatic heterocycles. The van der Waals surface area contributed by atoms with Crippen LogP contribution in [0.15, 0.2) is 53.0 Å². The Balaban J connectivity index is 1.57. The molecule has 0 spiro atoms. The SMILES string of the molecule is OCC1CCCN1c1nc(NCCc2ccc(Br)cc2)c2ccccc2n1. The van der Waals surface area contributed by atoms with Crippen molar-refractivity contribution in [3.8, 4) is 0 Å². The molecule has 1 aliphatic rings. The van der Waals surface area contributed by atoms with Crippen molar-refractivity contribution in [2.45, 2.75) is 25.3 Å². The van der Waals surface area contributed by atoms with Crippen LogP contribution in [0, 0.1) is 0 Å². The van der Waals surface area contributed by atoms with E-state index in [1.165, 1.54) is 5.56 Å². The molecule has 0 bridgehead atoms. The number of aliphatic hydroxyl groups excluding tert-OH is 1. The summed E-state index contributed by atoms with van der Waals surface area (Å²) < 4.78 is 1.09. The molecule has 2 heterocycles. The second-order valence-electron chi connectivity index (χ2n) is 6.86. The van der Waals surface area contributed by atoms with Crippen molar-refractivity contribution in [2.75, 3.05) is 29.9 Å². The molecule has 2 N–H and O–H groups in total. The van der Waals surface area contributed by atoms with E-state index in [1.807, 2.05) is 18.2 Å². The Kier molecular flexibility index (Phi) is 5.55. The molecule has 0 saturated carbocycles. The maximum Gasteiger partial charge on any atom is 0.228 e. The molecule has 0 radical (unpaired) electrons. The summed E-state index contributed by atoms with van der Waals surface area (Å²) in [5, 5.41) is 14.2. The number of hydrogen-bond acceptors (Lipinski definition) is 5. The summed E-state index contributed by atoms with van der Waals surface area (Å²) >= 11 is 3.47. The maximum absolute atomic E-state index is 9.65. The van der Waals surface area contributed by atoms with Crippen LogP contribution in [0.1, 0.15) is 18.4 Å². The quantitative estimate of drug-likeness (QED) is 0.623. The molecule has 2 aromatic carbocycles. The molecule has 4 rings (SSSR count). The first-order valence-corrected chi connectivity index (χ1v) is 10.2. The minimum absolute atomic E-state index is 0.113. The standard InChI is InChI=1S/C21H23BrN4O/c22-16-9-7-15(8-10-16)11-12-23-20-18-5-1-2-6-19(18)24-21(25-20)26-13-3-4-17(26)14-27/h1-2,5-10,17,27H,3-4,11-14H2,(H,23,24,25). The van der Waals surface area contributed by atoms with E-state index < -0.39 is 0 Å². The highest BCUT2D eigenvalue weighted by Gasteiger charge is 2.26. The van der Waals surface area contributed by atoms with Gasteiger partial charge in [-0.2, -0.15) is 4.98 Å². The van der Waals surface area contributed by atoms with Crippen molar-refractivity contribution in [1.82, 2.24) is 9.97 Å². The first-order chi connectivity index (χ1) is 13.2. The van der Waals surface area contributed by atoms with Gasteiger partial charge in [-0.25, -0.2) is 4.98 Å². The predicted molar refractivity (Wildman–Crippen MR) is 113 cm³/mol. The van der Waals surface area contributed by atoms with E-state index in [1.54, 1.807) is 0 Å². The topological polar surface area (TPSA) is 61.3 Å².